The summed E-state index contributed by atoms with van der Waals surface area (Å²) in [7, 11) is 3.83. The SMILES string of the molecule is CN(C)c1c(Cl)cccc1NC(=O)C1CCC(N)CC1. The second-order valence-corrected chi connectivity index (χ2v) is 6.04. The van der Waals surface area contributed by atoms with Gasteiger partial charge in [0.05, 0.1) is 16.4 Å². The Kier molecular flexibility index (Phi) is 4.89. The van der Waals surface area contributed by atoms with Crippen molar-refractivity contribution in [3.63, 3.8) is 0 Å². The van der Waals surface area contributed by atoms with E-state index in [1.165, 1.54) is 0 Å². The molecule has 1 aliphatic carbocycles. The molecule has 0 heterocycles. The van der Waals surface area contributed by atoms with Crippen molar-refractivity contribution >= 4 is 28.9 Å². The van der Waals surface area contributed by atoms with Crippen molar-refractivity contribution in [1.29, 1.82) is 0 Å². The highest BCUT2D eigenvalue weighted by Gasteiger charge is 2.25. The lowest BCUT2D eigenvalue weighted by atomic mass is 9.86. The van der Waals surface area contributed by atoms with E-state index in [2.05, 4.69) is 5.32 Å². The summed E-state index contributed by atoms with van der Waals surface area (Å²) in [5.41, 5.74) is 7.49. The molecule has 20 heavy (non-hydrogen) atoms. The summed E-state index contributed by atoms with van der Waals surface area (Å²) in [5, 5.41) is 3.65. The Morgan fingerprint density at radius 2 is 1.95 bits per heavy atom. The van der Waals surface area contributed by atoms with Gasteiger partial charge in [-0.1, -0.05) is 17.7 Å². The molecule has 1 aromatic carbocycles. The first-order chi connectivity index (χ1) is 9.49. The zero-order chi connectivity index (χ0) is 14.7. The minimum atomic E-state index is 0.0591. The number of carbonyl (C=O) groups is 1. The van der Waals surface area contributed by atoms with Crippen LogP contribution >= 0.6 is 11.6 Å². The number of benzene rings is 1. The van der Waals surface area contributed by atoms with E-state index in [-0.39, 0.29) is 17.9 Å². The summed E-state index contributed by atoms with van der Waals surface area (Å²) < 4.78 is 0. The summed E-state index contributed by atoms with van der Waals surface area (Å²) in [6.45, 7) is 0. The fourth-order valence-corrected chi connectivity index (χ4v) is 3.03. The van der Waals surface area contributed by atoms with E-state index in [4.69, 9.17) is 17.3 Å². The van der Waals surface area contributed by atoms with Gasteiger partial charge in [0.15, 0.2) is 0 Å². The number of nitrogens with one attached hydrogen (secondary N) is 1. The molecule has 4 nitrogen and oxygen atoms in total. The lowest BCUT2D eigenvalue weighted by Crippen LogP contribution is -2.32. The lowest BCUT2D eigenvalue weighted by molar-refractivity contribution is -0.120. The second-order valence-electron chi connectivity index (χ2n) is 5.63. The number of rotatable bonds is 3. The van der Waals surface area contributed by atoms with Gasteiger partial charge in [0.2, 0.25) is 5.91 Å². The van der Waals surface area contributed by atoms with Gasteiger partial charge >= 0.3 is 0 Å². The van der Waals surface area contributed by atoms with Crippen molar-refractivity contribution in [3.05, 3.63) is 23.2 Å². The first kappa shape index (κ1) is 15.1. The van der Waals surface area contributed by atoms with Crippen LogP contribution in [0.25, 0.3) is 0 Å². The van der Waals surface area contributed by atoms with Crippen LogP contribution in [0.1, 0.15) is 25.7 Å². The molecular formula is C15H22ClN3O. The monoisotopic (exact) mass is 295 g/mol. The number of anilines is 2. The first-order valence-electron chi connectivity index (χ1n) is 7.01. The quantitative estimate of drug-likeness (QED) is 0.901. The van der Waals surface area contributed by atoms with Crippen molar-refractivity contribution in [2.45, 2.75) is 31.7 Å². The minimum Gasteiger partial charge on any atom is -0.375 e. The highest BCUT2D eigenvalue weighted by atomic mass is 35.5. The van der Waals surface area contributed by atoms with E-state index in [0.717, 1.165) is 37.1 Å². The van der Waals surface area contributed by atoms with Crippen molar-refractivity contribution in [1.82, 2.24) is 0 Å². The average Bonchev–Trinajstić information content (AvgIpc) is 2.39. The number of nitrogens with zero attached hydrogens (tertiary/aromatic N) is 1. The van der Waals surface area contributed by atoms with Crippen LogP contribution in [0.5, 0.6) is 0 Å². The van der Waals surface area contributed by atoms with Crippen molar-refractivity contribution in [2.75, 3.05) is 24.3 Å². The average molecular weight is 296 g/mol. The molecule has 2 rings (SSSR count). The summed E-state index contributed by atoms with van der Waals surface area (Å²) in [6.07, 6.45) is 3.58. The highest BCUT2D eigenvalue weighted by molar-refractivity contribution is 6.34. The lowest BCUT2D eigenvalue weighted by Gasteiger charge is -2.26. The molecule has 0 atom stereocenters. The first-order valence-corrected chi connectivity index (χ1v) is 7.39. The Morgan fingerprint density at radius 3 is 2.55 bits per heavy atom. The predicted molar refractivity (Wildman–Crippen MR) is 84.3 cm³/mol. The van der Waals surface area contributed by atoms with Gasteiger partial charge in [-0.05, 0) is 37.8 Å². The number of hydrogen-bond donors (Lipinski definition) is 2. The highest BCUT2D eigenvalue weighted by Crippen LogP contribution is 2.33. The Bertz CT molecular complexity index is 482. The second kappa shape index (κ2) is 6.46. The molecule has 0 spiro atoms. The van der Waals surface area contributed by atoms with Crippen LogP contribution in [0.2, 0.25) is 5.02 Å². The number of amides is 1. The smallest absolute Gasteiger partial charge is 0.227 e. The molecule has 1 amide bonds. The molecule has 3 N–H and O–H groups in total. The number of carbonyl (C=O) groups excluding carboxylic acids is 1. The summed E-state index contributed by atoms with van der Waals surface area (Å²) in [5.74, 6) is 0.131. The van der Waals surface area contributed by atoms with Gasteiger partial charge in [-0.3, -0.25) is 4.79 Å². The van der Waals surface area contributed by atoms with E-state index in [1.54, 1.807) is 0 Å². The molecule has 1 fully saturated rings. The van der Waals surface area contributed by atoms with E-state index in [1.807, 2.05) is 37.2 Å². The van der Waals surface area contributed by atoms with Crippen LogP contribution in [0.15, 0.2) is 18.2 Å². The Labute approximate surface area is 125 Å². The van der Waals surface area contributed by atoms with Crippen molar-refractivity contribution in [2.24, 2.45) is 11.7 Å². The van der Waals surface area contributed by atoms with Gasteiger partial charge in [-0.25, -0.2) is 0 Å². The summed E-state index contributed by atoms with van der Waals surface area (Å²) in [4.78, 5) is 14.3. The zero-order valence-electron chi connectivity index (χ0n) is 12.0. The van der Waals surface area contributed by atoms with Crippen molar-refractivity contribution in [3.8, 4) is 0 Å². The molecule has 1 aromatic rings. The number of nitrogens with two attached hydrogens (primary N) is 1. The Hall–Kier alpha value is -1.26. The molecule has 0 saturated heterocycles. The van der Waals surface area contributed by atoms with Crippen LogP contribution in [-0.2, 0) is 4.79 Å². The molecule has 0 radical (unpaired) electrons. The molecule has 0 bridgehead atoms. The summed E-state index contributed by atoms with van der Waals surface area (Å²) >= 11 is 6.20. The van der Waals surface area contributed by atoms with Gasteiger partial charge in [0, 0.05) is 26.1 Å². The third-order valence-electron chi connectivity index (χ3n) is 3.83. The third kappa shape index (κ3) is 3.44. The van der Waals surface area contributed by atoms with E-state index in [9.17, 15) is 4.79 Å². The van der Waals surface area contributed by atoms with E-state index < -0.39 is 0 Å². The van der Waals surface area contributed by atoms with Gasteiger partial charge < -0.3 is 16.0 Å². The standard InChI is InChI=1S/C15H22ClN3O/c1-19(2)14-12(16)4-3-5-13(14)18-15(20)10-6-8-11(17)9-7-10/h3-5,10-11H,6-9,17H2,1-2H3,(H,18,20). The maximum atomic E-state index is 12.3. The Balaban J connectivity index is 2.10. The molecule has 110 valence electrons. The maximum absolute atomic E-state index is 12.3. The summed E-state index contributed by atoms with van der Waals surface area (Å²) in [6, 6.07) is 5.81. The number of halogens is 1. The molecular weight excluding hydrogens is 274 g/mol. The van der Waals surface area contributed by atoms with E-state index >= 15 is 0 Å². The van der Waals surface area contributed by atoms with Gasteiger partial charge in [-0.15, -0.1) is 0 Å². The number of para-hydroxylation sites is 1. The minimum absolute atomic E-state index is 0.0591. The van der Waals surface area contributed by atoms with Gasteiger partial charge in [-0.2, -0.15) is 0 Å². The third-order valence-corrected chi connectivity index (χ3v) is 4.14. The fourth-order valence-electron chi connectivity index (χ4n) is 2.69. The van der Waals surface area contributed by atoms with Crippen LogP contribution in [0.3, 0.4) is 0 Å². The topological polar surface area (TPSA) is 58.4 Å². The Morgan fingerprint density at radius 1 is 1.30 bits per heavy atom. The molecule has 1 saturated carbocycles. The molecule has 5 heteroatoms. The molecule has 1 aliphatic rings. The molecule has 0 unspecified atom stereocenters. The predicted octanol–water partition coefficient (Wildman–Crippen LogP) is 2.86. The maximum Gasteiger partial charge on any atom is 0.227 e. The van der Waals surface area contributed by atoms with Crippen LogP contribution in [0, 0.1) is 5.92 Å². The van der Waals surface area contributed by atoms with E-state index in [0.29, 0.717) is 5.02 Å². The normalized spacial score (nSPS) is 22.4. The number of hydrogen-bond acceptors (Lipinski definition) is 3. The van der Waals surface area contributed by atoms with Gasteiger partial charge in [0.25, 0.3) is 0 Å². The largest absolute Gasteiger partial charge is 0.375 e. The van der Waals surface area contributed by atoms with Gasteiger partial charge in [0.1, 0.15) is 0 Å². The van der Waals surface area contributed by atoms with Crippen LogP contribution in [0.4, 0.5) is 11.4 Å². The van der Waals surface area contributed by atoms with Crippen molar-refractivity contribution < 1.29 is 4.79 Å². The molecule has 0 aliphatic heterocycles. The van der Waals surface area contributed by atoms with Crippen LogP contribution < -0.4 is 16.0 Å². The van der Waals surface area contributed by atoms with Crippen LogP contribution in [-0.4, -0.2) is 26.0 Å². The molecule has 0 aromatic heterocycles. The fraction of sp³-hybridized carbons (Fsp3) is 0.533. The zero-order valence-corrected chi connectivity index (χ0v) is 12.8.